The smallest absolute Gasteiger partial charge is 0.696 e. The van der Waals surface area contributed by atoms with E-state index in [0.717, 1.165) is 0 Å². The number of thiocyanates is 4. The predicted molar refractivity (Wildman–Crippen MR) is 100 cm³/mol. The number of hydrogen-bond acceptors (Lipinski definition) is 10. The Balaban J connectivity index is -0.0000000663. The molecule has 0 aliphatic rings. The number of nitriles is 4. The summed E-state index contributed by atoms with van der Waals surface area (Å²) in [5, 5.41) is 33.9. The second kappa shape index (κ2) is 49.5. The van der Waals surface area contributed by atoms with E-state index in [2.05, 4.69) is 60.5 Å². The first-order valence-corrected chi connectivity index (χ1v) is 7.04. The number of hydrogen-bond donors (Lipinski definition) is 0. The van der Waals surface area contributed by atoms with E-state index < -0.39 is 0 Å². The minimum absolute atomic E-state index is 0. The molecule has 1 radical (unpaired) electrons. The largest absolute Gasteiger partial charge is 4.00 e. The Hall–Kier alpha value is -2.28. The molecule has 6 nitrogen and oxygen atoms in total. The Morgan fingerprint density at radius 1 is 0.480 bits per heavy atom. The molecule has 0 unspecified atom stereocenters. The van der Waals surface area contributed by atoms with Crippen LogP contribution in [0.1, 0.15) is 0 Å². The molecular weight excluding hydrogens is 431 g/mol. The van der Waals surface area contributed by atoms with Gasteiger partial charge < -0.3 is 50.5 Å². The van der Waals surface area contributed by atoms with Crippen LogP contribution in [0.5, 0.6) is 0 Å². The van der Waals surface area contributed by atoms with Gasteiger partial charge in [0.15, 0.2) is 0 Å². The normalized spacial score (nSPS) is 4.96. The van der Waals surface area contributed by atoms with E-state index in [9.17, 15) is 0 Å². The van der Waals surface area contributed by atoms with Crippen LogP contribution in [0.2, 0.25) is 0 Å². The van der Waals surface area contributed by atoms with Crippen LogP contribution in [0, 0.1) is 42.7 Å². The van der Waals surface area contributed by atoms with Crippen molar-refractivity contribution in [1.82, 2.24) is 9.97 Å². The molecular formula is C14H10N6S4V. The minimum Gasteiger partial charge on any atom is -0.696 e. The maximum Gasteiger partial charge on any atom is 4.00 e. The van der Waals surface area contributed by atoms with E-state index in [1.54, 1.807) is 24.8 Å². The fraction of sp³-hybridized carbons (Fsp3) is 0. The third-order valence-corrected chi connectivity index (χ3v) is 1.13. The molecule has 2 rings (SSSR count). The summed E-state index contributed by atoms with van der Waals surface area (Å²) >= 11 is 14.8. The van der Waals surface area contributed by atoms with Crippen LogP contribution in [0.15, 0.2) is 61.2 Å². The Morgan fingerprint density at radius 2 is 0.640 bits per heavy atom. The van der Waals surface area contributed by atoms with Crippen LogP contribution >= 0.6 is 0 Å². The van der Waals surface area contributed by atoms with Crippen molar-refractivity contribution in [2.75, 3.05) is 0 Å². The topological polar surface area (TPSA) is 121 Å². The first kappa shape index (κ1) is 34.1. The minimum atomic E-state index is 0. The molecule has 0 N–H and O–H groups in total. The molecule has 2 aromatic rings. The molecule has 0 atom stereocenters. The summed E-state index contributed by atoms with van der Waals surface area (Å²) in [6, 6.07) is 11.4. The average molecular weight is 441 g/mol. The van der Waals surface area contributed by atoms with Crippen molar-refractivity contribution in [3.05, 3.63) is 61.2 Å². The molecule has 0 aliphatic carbocycles. The predicted octanol–water partition coefficient (Wildman–Crippen LogP) is 2.22. The van der Waals surface area contributed by atoms with Crippen molar-refractivity contribution in [3.8, 4) is 21.6 Å². The number of pyridine rings is 2. The second-order valence-corrected chi connectivity index (χ2v) is 3.14. The summed E-state index contributed by atoms with van der Waals surface area (Å²) in [6.07, 6.45) is 7.00. The Bertz CT molecular complexity index is 458. The van der Waals surface area contributed by atoms with Gasteiger partial charge in [0.25, 0.3) is 0 Å². The van der Waals surface area contributed by atoms with Gasteiger partial charge >= 0.3 is 18.6 Å². The summed E-state index contributed by atoms with van der Waals surface area (Å²) in [6.45, 7) is 0. The van der Waals surface area contributed by atoms with Gasteiger partial charge in [-0.2, -0.15) is 0 Å². The van der Waals surface area contributed by atoms with Crippen LogP contribution in [0.4, 0.5) is 0 Å². The maximum absolute atomic E-state index is 7.13. The Morgan fingerprint density at radius 3 is 0.680 bits per heavy atom. The van der Waals surface area contributed by atoms with Gasteiger partial charge in [-0.15, -0.1) is 0 Å². The zero-order valence-corrected chi connectivity index (χ0v) is 17.2. The van der Waals surface area contributed by atoms with E-state index in [1.165, 1.54) is 21.6 Å². The zero-order chi connectivity index (χ0) is 19.3. The fourth-order valence-electron chi connectivity index (χ4n) is 0.625. The molecule has 0 bridgehead atoms. The standard InChI is InChI=1S/2C5H5N.4CHNS.V/c2*1-2-4-6-5-3-1;4*2-1-3;/h2*1-5H;4*3H;/q;;;;;;+4/p-4. The van der Waals surface area contributed by atoms with Gasteiger partial charge in [0, 0.05) is 24.8 Å². The molecule has 0 amide bonds. The SMILES string of the molecule is N#C[S-].N#C[S-].N#C[S-].N#C[S-].[V+4].c1ccncc1.c1ccncc1. The molecule has 2 aromatic heterocycles. The number of aromatic nitrogens is 2. The molecule has 0 aliphatic heterocycles. The van der Waals surface area contributed by atoms with Gasteiger partial charge in [-0.25, -0.2) is 21.0 Å². The molecule has 0 fully saturated rings. The second-order valence-electron chi connectivity index (χ2n) is 2.41. The molecule has 0 saturated heterocycles. The number of rotatable bonds is 0. The molecule has 25 heavy (non-hydrogen) atoms. The number of nitrogens with zero attached hydrogens (tertiary/aromatic N) is 6. The van der Waals surface area contributed by atoms with E-state index in [0.29, 0.717) is 0 Å². The van der Waals surface area contributed by atoms with Crippen molar-refractivity contribution in [2.24, 2.45) is 0 Å². The van der Waals surface area contributed by atoms with Crippen molar-refractivity contribution in [3.63, 3.8) is 0 Å². The molecule has 2 heterocycles. The van der Waals surface area contributed by atoms with Gasteiger partial charge in [-0.1, -0.05) is 33.7 Å². The molecule has 125 valence electrons. The molecule has 0 aromatic carbocycles. The fourth-order valence-corrected chi connectivity index (χ4v) is 0.625. The van der Waals surface area contributed by atoms with Gasteiger partial charge in [0.05, 0.1) is 0 Å². The average Bonchev–Trinajstić information content (AvgIpc) is 2.61. The van der Waals surface area contributed by atoms with Crippen LogP contribution < -0.4 is 0 Å². The van der Waals surface area contributed by atoms with E-state index in [1.807, 2.05) is 36.4 Å². The van der Waals surface area contributed by atoms with Crippen molar-refractivity contribution in [2.45, 2.75) is 0 Å². The molecule has 0 saturated carbocycles. The third-order valence-electron chi connectivity index (χ3n) is 1.13. The first-order chi connectivity index (χ1) is 11.7. The van der Waals surface area contributed by atoms with E-state index in [-0.39, 0.29) is 18.6 Å². The van der Waals surface area contributed by atoms with E-state index in [4.69, 9.17) is 21.0 Å². The van der Waals surface area contributed by atoms with Crippen LogP contribution in [0.25, 0.3) is 0 Å². The van der Waals surface area contributed by atoms with Crippen molar-refractivity contribution >= 4 is 50.5 Å². The van der Waals surface area contributed by atoms with Gasteiger partial charge in [-0.3, -0.25) is 9.97 Å². The summed E-state index contributed by atoms with van der Waals surface area (Å²) in [5.74, 6) is 0. The maximum atomic E-state index is 7.13. The molecule has 11 heteroatoms. The van der Waals surface area contributed by atoms with Gasteiger partial charge in [-0.05, 0) is 24.3 Å². The summed E-state index contributed by atoms with van der Waals surface area (Å²) in [4.78, 5) is 7.57. The van der Waals surface area contributed by atoms with Crippen molar-refractivity contribution < 1.29 is 18.6 Å². The van der Waals surface area contributed by atoms with Crippen LogP contribution in [0.3, 0.4) is 0 Å². The third kappa shape index (κ3) is 89.4. The van der Waals surface area contributed by atoms with E-state index >= 15 is 0 Å². The Kier molecular flexibility index (Phi) is 67.6. The summed E-state index contributed by atoms with van der Waals surface area (Å²) in [5.41, 5.74) is 0. The van der Waals surface area contributed by atoms with Gasteiger partial charge in [0.2, 0.25) is 0 Å². The summed E-state index contributed by atoms with van der Waals surface area (Å²) in [7, 11) is 0. The van der Waals surface area contributed by atoms with Gasteiger partial charge in [0.1, 0.15) is 0 Å². The van der Waals surface area contributed by atoms with Crippen LogP contribution in [-0.4, -0.2) is 9.97 Å². The quantitative estimate of drug-likeness (QED) is 0.444. The molecule has 0 spiro atoms. The Labute approximate surface area is 182 Å². The van der Waals surface area contributed by atoms with Crippen LogP contribution in [-0.2, 0) is 69.1 Å². The summed E-state index contributed by atoms with van der Waals surface area (Å²) < 4.78 is 0. The zero-order valence-electron chi connectivity index (χ0n) is 12.5. The van der Waals surface area contributed by atoms with Crippen molar-refractivity contribution in [1.29, 1.82) is 21.0 Å². The first-order valence-electron chi connectivity index (χ1n) is 5.41. The monoisotopic (exact) mass is 441 g/mol.